The van der Waals surface area contributed by atoms with E-state index in [0.29, 0.717) is 13.1 Å². The summed E-state index contributed by atoms with van der Waals surface area (Å²) < 4.78 is 1.88. The predicted molar refractivity (Wildman–Crippen MR) is 70.8 cm³/mol. The number of aryl methyl sites for hydroxylation is 1. The monoisotopic (exact) mass is 261 g/mol. The normalized spacial score (nSPS) is 27.1. The number of rotatable bonds is 3. The van der Waals surface area contributed by atoms with Crippen LogP contribution in [0.3, 0.4) is 0 Å². The Morgan fingerprint density at radius 3 is 3.11 bits per heavy atom. The summed E-state index contributed by atoms with van der Waals surface area (Å²) >= 11 is 0. The molecule has 2 saturated heterocycles. The van der Waals surface area contributed by atoms with Gasteiger partial charge in [-0.2, -0.15) is 0 Å². The molecule has 0 spiro atoms. The zero-order chi connectivity index (χ0) is 13.4. The first-order valence-corrected chi connectivity index (χ1v) is 6.82. The summed E-state index contributed by atoms with van der Waals surface area (Å²) in [5, 5.41) is 2.91. The quantitative estimate of drug-likeness (QED) is 0.802. The van der Waals surface area contributed by atoms with Crippen molar-refractivity contribution in [1.29, 1.82) is 0 Å². The number of carbonyl (C=O) groups is 2. The highest BCUT2D eigenvalue weighted by Gasteiger charge is 2.41. The highest BCUT2D eigenvalue weighted by atomic mass is 16.2. The smallest absolute Gasteiger partial charge is 0.224 e. The van der Waals surface area contributed by atoms with Gasteiger partial charge in [0.2, 0.25) is 5.91 Å². The lowest BCUT2D eigenvalue weighted by atomic mass is 9.91. The van der Waals surface area contributed by atoms with Crippen LogP contribution in [0.1, 0.15) is 23.2 Å². The lowest BCUT2D eigenvalue weighted by Gasteiger charge is -2.35. The summed E-state index contributed by atoms with van der Waals surface area (Å²) in [4.78, 5) is 26.1. The number of amides is 1. The van der Waals surface area contributed by atoms with E-state index in [-0.39, 0.29) is 23.7 Å². The van der Waals surface area contributed by atoms with E-state index in [1.165, 1.54) is 0 Å². The van der Waals surface area contributed by atoms with Gasteiger partial charge in [0, 0.05) is 37.6 Å². The number of hydrogen-bond donors (Lipinski definition) is 1. The number of aromatic nitrogens is 1. The lowest BCUT2D eigenvalue weighted by molar-refractivity contribution is -0.124. The SMILES string of the molecule is Cn1ccc(C(=O)CN2CCCC3C(=O)NCC32)c1. The molecule has 2 aliphatic rings. The molecule has 2 aliphatic heterocycles. The van der Waals surface area contributed by atoms with E-state index in [1.807, 2.05) is 30.1 Å². The number of hydrogen-bond acceptors (Lipinski definition) is 3. The maximum atomic E-state index is 12.2. The first-order valence-electron chi connectivity index (χ1n) is 6.82. The predicted octanol–water partition coefficient (Wildman–Crippen LogP) is 0.418. The maximum absolute atomic E-state index is 12.2. The van der Waals surface area contributed by atoms with Gasteiger partial charge in [-0.25, -0.2) is 0 Å². The lowest BCUT2D eigenvalue weighted by Crippen LogP contribution is -2.47. The first-order chi connectivity index (χ1) is 9.15. The summed E-state index contributed by atoms with van der Waals surface area (Å²) in [6.45, 7) is 2.01. The Morgan fingerprint density at radius 1 is 1.53 bits per heavy atom. The maximum Gasteiger partial charge on any atom is 0.224 e. The number of Topliss-reactive ketones (excluding diaryl/α,β-unsaturated/α-hetero) is 1. The zero-order valence-corrected chi connectivity index (χ0v) is 11.1. The average Bonchev–Trinajstić information content (AvgIpc) is 2.98. The summed E-state index contributed by atoms with van der Waals surface area (Å²) in [6.07, 6.45) is 5.68. The molecule has 1 N–H and O–H groups in total. The van der Waals surface area contributed by atoms with Gasteiger partial charge in [0.05, 0.1) is 12.5 Å². The molecule has 1 aromatic heterocycles. The number of piperidine rings is 1. The molecule has 3 heterocycles. The summed E-state index contributed by atoms with van der Waals surface area (Å²) in [5.41, 5.74) is 0.752. The number of nitrogens with one attached hydrogen (secondary N) is 1. The molecule has 0 saturated carbocycles. The Labute approximate surface area is 112 Å². The van der Waals surface area contributed by atoms with Crippen LogP contribution in [-0.2, 0) is 11.8 Å². The number of likely N-dealkylation sites (tertiary alicyclic amines) is 1. The van der Waals surface area contributed by atoms with Gasteiger partial charge in [0.15, 0.2) is 5.78 Å². The molecule has 0 aliphatic carbocycles. The van der Waals surface area contributed by atoms with Crippen molar-refractivity contribution in [1.82, 2.24) is 14.8 Å². The minimum absolute atomic E-state index is 0.0809. The molecular weight excluding hydrogens is 242 g/mol. The van der Waals surface area contributed by atoms with Gasteiger partial charge in [-0.15, -0.1) is 0 Å². The van der Waals surface area contributed by atoms with E-state index in [0.717, 1.165) is 24.9 Å². The fourth-order valence-corrected chi connectivity index (χ4v) is 3.18. The van der Waals surface area contributed by atoms with E-state index >= 15 is 0 Å². The van der Waals surface area contributed by atoms with Crippen molar-refractivity contribution in [2.45, 2.75) is 18.9 Å². The Kier molecular flexibility index (Phi) is 3.14. The molecule has 2 unspecified atom stereocenters. The Hall–Kier alpha value is -1.62. The molecule has 0 radical (unpaired) electrons. The van der Waals surface area contributed by atoms with Gasteiger partial charge >= 0.3 is 0 Å². The minimum Gasteiger partial charge on any atom is -0.357 e. The first kappa shape index (κ1) is 12.4. The van der Waals surface area contributed by atoms with E-state index in [9.17, 15) is 9.59 Å². The van der Waals surface area contributed by atoms with Crippen LogP contribution in [0.2, 0.25) is 0 Å². The standard InChI is InChI=1S/C14H19N3O2/c1-16-6-4-10(8-16)13(18)9-17-5-2-3-11-12(17)7-15-14(11)19/h4,6,8,11-12H,2-3,5,7,9H2,1H3,(H,15,19). The van der Waals surface area contributed by atoms with Crippen LogP contribution in [0.4, 0.5) is 0 Å². The van der Waals surface area contributed by atoms with Crippen molar-refractivity contribution in [3.05, 3.63) is 24.0 Å². The second-order valence-electron chi connectivity index (χ2n) is 5.52. The summed E-state index contributed by atoms with van der Waals surface area (Å²) in [7, 11) is 1.91. The van der Waals surface area contributed by atoms with Crippen molar-refractivity contribution in [2.75, 3.05) is 19.6 Å². The Balaban J connectivity index is 1.69. The number of ketones is 1. The third-order valence-corrected chi connectivity index (χ3v) is 4.22. The van der Waals surface area contributed by atoms with Gasteiger partial charge < -0.3 is 9.88 Å². The van der Waals surface area contributed by atoms with E-state index in [1.54, 1.807) is 0 Å². The van der Waals surface area contributed by atoms with Gasteiger partial charge in [-0.1, -0.05) is 0 Å². The number of fused-ring (bicyclic) bond motifs is 1. The van der Waals surface area contributed by atoms with Crippen molar-refractivity contribution in [2.24, 2.45) is 13.0 Å². The molecule has 0 bridgehead atoms. The number of carbonyl (C=O) groups excluding carboxylic acids is 2. The second-order valence-corrected chi connectivity index (χ2v) is 5.52. The molecular formula is C14H19N3O2. The van der Waals surface area contributed by atoms with Crippen LogP contribution >= 0.6 is 0 Å². The fourth-order valence-electron chi connectivity index (χ4n) is 3.18. The van der Waals surface area contributed by atoms with Crippen LogP contribution in [-0.4, -0.2) is 46.8 Å². The second kappa shape index (κ2) is 4.81. The van der Waals surface area contributed by atoms with Crippen LogP contribution in [0, 0.1) is 5.92 Å². The topological polar surface area (TPSA) is 54.3 Å². The molecule has 1 aromatic rings. The molecule has 0 aromatic carbocycles. The van der Waals surface area contributed by atoms with Gasteiger partial charge in [-0.3, -0.25) is 14.5 Å². The highest BCUT2D eigenvalue weighted by Crippen LogP contribution is 2.27. The Morgan fingerprint density at radius 2 is 2.37 bits per heavy atom. The fraction of sp³-hybridized carbons (Fsp3) is 0.571. The van der Waals surface area contributed by atoms with Gasteiger partial charge in [0.1, 0.15) is 0 Å². The van der Waals surface area contributed by atoms with Crippen molar-refractivity contribution in [3.8, 4) is 0 Å². The van der Waals surface area contributed by atoms with Crippen molar-refractivity contribution >= 4 is 11.7 Å². The molecule has 5 nitrogen and oxygen atoms in total. The molecule has 3 rings (SSSR count). The molecule has 2 atom stereocenters. The van der Waals surface area contributed by atoms with E-state index in [2.05, 4.69) is 10.2 Å². The van der Waals surface area contributed by atoms with Crippen LogP contribution in [0.5, 0.6) is 0 Å². The van der Waals surface area contributed by atoms with E-state index in [4.69, 9.17) is 0 Å². The third-order valence-electron chi connectivity index (χ3n) is 4.22. The average molecular weight is 261 g/mol. The van der Waals surface area contributed by atoms with Gasteiger partial charge in [-0.05, 0) is 25.5 Å². The molecule has 102 valence electrons. The van der Waals surface area contributed by atoms with Crippen LogP contribution in [0.25, 0.3) is 0 Å². The van der Waals surface area contributed by atoms with E-state index < -0.39 is 0 Å². The number of nitrogens with zero attached hydrogens (tertiary/aromatic N) is 2. The molecule has 5 heteroatoms. The largest absolute Gasteiger partial charge is 0.357 e. The third kappa shape index (κ3) is 2.30. The molecule has 2 fully saturated rings. The van der Waals surface area contributed by atoms with Crippen LogP contribution < -0.4 is 5.32 Å². The van der Waals surface area contributed by atoms with Crippen LogP contribution in [0.15, 0.2) is 18.5 Å². The van der Waals surface area contributed by atoms with Crippen molar-refractivity contribution < 1.29 is 9.59 Å². The highest BCUT2D eigenvalue weighted by molar-refractivity contribution is 5.97. The van der Waals surface area contributed by atoms with Gasteiger partial charge in [0.25, 0.3) is 0 Å². The molecule has 1 amide bonds. The molecule has 19 heavy (non-hydrogen) atoms. The Bertz CT molecular complexity index is 509. The zero-order valence-electron chi connectivity index (χ0n) is 11.1. The summed E-state index contributed by atoms with van der Waals surface area (Å²) in [5.74, 6) is 0.375. The summed E-state index contributed by atoms with van der Waals surface area (Å²) in [6, 6.07) is 2.05. The minimum atomic E-state index is 0.0809. The van der Waals surface area contributed by atoms with Crippen molar-refractivity contribution in [3.63, 3.8) is 0 Å².